The minimum absolute atomic E-state index is 0.106. The summed E-state index contributed by atoms with van der Waals surface area (Å²) in [5, 5.41) is 4.10. The summed E-state index contributed by atoms with van der Waals surface area (Å²) in [6.45, 7) is 1.79. The third kappa shape index (κ3) is 2.00. The maximum absolute atomic E-state index is 13.8. The lowest BCUT2D eigenvalue weighted by atomic mass is 10.1. The summed E-state index contributed by atoms with van der Waals surface area (Å²) in [6, 6.07) is 3.85. The Morgan fingerprint density at radius 3 is 2.41 bits per heavy atom. The molecule has 0 fully saturated rings. The fraction of sp³-hybridized carbons (Fsp3) is 0.250. The number of rotatable bonds is 2. The van der Waals surface area contributed by atoms with Crippen molar-refractivity contribution in [1.82, 2.24) is 9.78 Å². The van der Waals surface area contributed by atoms with E-state index in [9.17, 15) is 8.78 Å². The van der Waals surface area contributed by atoms with Crippen molar-refractivity contribution in [2.75, 3.05) is 7.11 Å². The van der Waals surface area contributed by atoms with E-state index in [2.05, 4.69) is 5.10 Å². The highest BCUT2D eigenvalue weighted by molar-refractivity contribution is 5.62. The van der Waals surface area contributed by atoms with Crippen LogP contribution in [0.15, 0.2) is 18.2 Å². The SMILES string of the molecule is COc1cc(F)c(-c2cc(C)nn2C)cc1F. The van der Waals surface area contributed by atoms with E-state index in [0.717, 1.165) is 17.8 Å². The number of ether oxygens (including phenoxy) is 1. The van der Waals surface area contributed by atoms with Gasteiger partial charge < -0.3 is 4.74 Å². The zero-order chi connectivity index (χ0) is 12.6. The van der Waals surface area contributed by atoms with E-state index in [-0.39, 0.29) is 11.3 Å². The maximum atomic E-state index is 13.8. The summed E-state index contributed by atoms with van der Waals surface area (Å²) in [7, 11) is 2.98. The normalized spacial score (nSPS) is 10.6. The summed E-state index contributed by atoms with van der Waals surface area (Å²) in [4.78, 5) is 0. The molecule has 5 heteroatoms. The molecule has 0 aliphatic rings. The zero-order valence-electron chi connectivity index (χ0n) is 9.79. The number of hydrogen-bond donors (Lipinski definition) is 0. The van der Waals surface area contributed by atoms with Gasteiger partial charge in [-0.15, -0.1) is 0 Å². The Labute approximate surface area is 97.6 Å². The lowest BCUT2D eigenvalue weighted by Gasteiger charge is -2.07. The standard InChI is InChI=1S/C12H12F2N2O/c1-7-4-11(16(2)15-7)8-5-10(14)12(17-3)6-9(8)13/h4-6H,1-3H3. The van der Waals surface area contributed by atoms with E-state index >= 15 is 0 Å². The molecule has 0 spiro atoms. The molecule has 2 rings (SSSR count). The Hall–Kier alpha value is -1.91. The van der Waals surface area contributed by atoms with Gasteiger partial charge in [-0.1, -0.05) is 0 Å². The highest BCUT2D eigenvalue weighted by Crippen LogP contribution is 2.28. The van der Waals surface area contributed by atoms with Gasteiger partial charge in [0.2, 0.25) is 0 Å². The molecule has 0 N–H and O–H groups in total. The Kier molecular flexibility index (Phi) is 2.83. The molecule has 0 aliphatic heterocycles. The largest absolute Gasteiger partial charge is 0.494 e. The third-order valence-corrected chi connectivity index (χ3v) is 2.52. The van der Waals surface area contributed by atoms with E-state index in [4.69, 9.17) is 4.74 Å². The molecule has 0 saturated heterocycles. The lowest BCUT2D eigenvalue weighted by Crippen LogP contribution is -1.98. The van der Waals surface area contributed by atoms with Crippen LogP contribution in [0.2, 0.25) is 0 Å². The highest BCUT2D eigenvalue weighted by Gasteiger charge is 2.15. The monoisotopic (exact) mass is 238 g/mol. The lowest BCUT2D eigenvalue weighted by molar-refractivity contribution is 0.383. The maximum Gasteiger partial charge on any atom is 0.165 e. The second-order valence-electron chi connectivity index (χ2n) is 3.76. The molecule has 0 amide bonds. The number of nitrogens with zero attached hydrogens (tertiary/aromatic N) is 2. The van der Waals surface area contributed by atoms with Gasteiger partial charge >= 0.3 is 0 Å². The number of hydrogen-bond acceptors (Lipinski definition) is 2. The number of halogens is 2. The molecule has 0 atom stereocenters. The number of methoxy groups -OCH3 is 1. The second kappa shape index (κ2) is 4.16. The smallest absolute Gasteiger partial charge is 0.165 e. The van der Waals surface area contributed by atoms with Crippen molar-refractivity contribution in [3.63, 3.8) is 0 Å². The molecule has 0 saturated carbocycles. The number of aryl methyl sites for hydroxylation is 2. The van der Waals surface area contributed by atoms with Crippen molar-refractivity contribution in [1.29, 1.82) is 0 Å². The second-order valence-corrected chi connectivity index (χ2v) is 3.76. The summed E-state index contributed by atoms with van der Waals surface area (Å²) < 4.78 is 33.6. The van der Waals surface area contributed by atoms with Crippen LogP contribution in [0.4, 0.5) is 8.78 Å². The topological polar surface area (TPSA) is 27.1 Å². The van der Waals surface area contributed by atoms with Gasteiger partial charge in [-0.25, -0.2) is 8.78 Å². The van der Waals surface area contributed by atoms with Crippen LogP contribution >= 0.6 is 0 Å². The van der Waals surface area contributed by atoms with Gasteiger partial charge in [-0.2, -0.15) is 5.10 Å². The van der Waals surface area contributed by atoms with Crippen molar-refractivity contribution in [2.45, 2.75) is 6.92 Å². The quantitative estimate of drug-likeness (QED) is 0.804. The number of benzene rings is 1. The van der Waals surface area contributed by atoms with Crippen LogP contribution in [-0.4, -0.2) is 16.9 Å². The minimum atomic E-state index is -0.595. The van der Waals surface area contributed by atoms with Gasteiger partial charge in [-0.05, 0) is 19.1 Å². The van der Waals surface area contributed by atoms with Crippen LogP contribution in [0.3, 0.4) is 0 Å². The Bertz CT molecular complexity index is 564. The molecule has 0 aliphatic carbocycles. The van der Waals surface area contributed by atoms with E-state index in [1.165, 1.54) is 11.8 Å². The molecule has 1 aromatic carbocycles. The van der Waals surface area contributed by atoms with Crippen LogP contribution in [0.1, 0.15) is 5.69 Å². The van der Waals surface area contributed by atoms with Gasteiger partial charge in [-0.3, -0.25) is 4.68 Å². The summed E-state index contributed by atoms with van der Waals surface area (Å²) in [6.07, 6.45) is 0. The first kappa shape index (κ1) is 11.6. The molecular weight excluding hydrogens is 226 g/mol. The minimum Gasteiger partial charge on any atom is -0.494 e. The van der Waals surface area contributed by atoms with Crippen LogP contribution in [0.25, 0.3) is 11.3 Å². The number of aromatic nitrogens is 2. The van der Waals surface area contributed by atoms with Crippen molar-refractivity contribution in [3.05, 3.63) is 35.5 Å². The Morgan fingerprint density at radius 2 is 1.88 bits per heavy atom. The average molecular weight is 238 g/mol. The first-order valence-corrected chi connectivity index (χ1v) is 5.07. The molecule has 0 bridgehead atoms. The van der Waals surface area contributed by atoms with E-state index in [0.29, 0.717) is 5.69 Å². The summed E-state index contributed by atoms with van der Waals surface area (Å²) in [5.74, 6) is -1.24. The van der Waals surface area contributed by atoms with E-state index in [1.807, 2.05) is 0 Å². The van der Waals surface area contributed by atoms with Gasteiger partial charge in [0.25, 0.3) is 0 Å². The molecule has 17 heavy (non-hydrogen) atoms. The van der Waals surface area contributed by atoms with Crippen molar-refractivity contribution < 1.29 is 13.5 Å². The predicted molar refractivity (Wildman–Crippen MR) is 59.8 cm³/mol. The Balaban J connectivity index is 2.60. The van der Waals surface area contributed by atoms with Crippen molar-refractivity contribution >= 4 is 0 Å². The molecule has 1 heterocycles. The van der Waals surface area contributed by atoms with Gasteiger partial charge in [0, 0.05) is 18.7 Å². The summed E-state index contributed by atoms with van der Waals surface area (Å²) in [5.41, 5.74) is 1.45. The van der Waals surface area contributed by atoms with Gasteiger partial charge in [0.05, 0.1) is 18.5 Å². The van der Waals surface area contributed by atoms with Crippen molar-refractivity contribution in [3.8, 4) is 17.0 Å². The first-order valence-electron chi connectivity index (χ1n) is 5.07. The first-order chi connectivity index (χ1) is 8.02. The molecule has 1 aromatic heterocycles. The van der Waals surface area contributed by atoms with Crippen LogP contribution < -0.4 is 4.74 Å². The molecule has 0 unspecified atom stereocenters. The van der Waals surface area contributed by atoms with Crippen molar-refractivity contribution in [2.24, 2.45) is 7.05 Å². The zero-order valence-corrected chi connectivity index (χ0v) is 9.79. The third-order valence-electron chi connectivity index (χ3n) is 2.52. The van der Waals surface area contributed by atoms with Crippen LogP contribution in [0, 0.1) is 18.6 Å². The van der Waals surface area contributed by atoms with Gasteiger partial charge in [0.1, 0.15) is 5.82 Å². The van der Waals surface area contributed by atoms with Crippen LogP contribution in [0.5, 0.6) is 5.75 Å². The van der Waals surface area contributed by atoms with Crippen LogP contribution in [-0.2, 0) is 7.05 Å². The average Bonchev–Trinajstić information content (AvgIpc) is 2.60. The molecular formula is C12H12F2N2O. The fourth-order valence-electron chi connectivity index (χ4n) is 1.74. The fourth-order valence-corrected chi connectivity index (χ4v) is 1.74. The molecule has 2 aromatic rings. The van der Waals surface area contributed by atoms with E-state index < -0.39 is 11.6 Å². The van der Waals surface area contributed by atoms with E-state index in [1.54, 1.807) is 20.0 Å². The molecule has 0 radical (unpaired) electrons. The highest BCUT2D eigenvalue weighted by atomic mass is 19.1. The predicted octanol–water partition coefficient (Wildman–Crippen LogP) is 2.68. The Morgan fingerprint density at radius 1 is 1.18 bits per heavy atom. The van der Waals surface area contributed by atoms with Gasteiger partial charge in [0.15, 0.2) is 11.6 Å². The molecule has 3 nitrogen and oxygen atoms in total. The summed E-state index contributed by atoms with van der Waals surface area (Å²) >= 11 is 0. The molecule has 90 valence electrons.